The first kappa shape index (κ1) is 16.1. The van der Waals surface area contributed by atoms with Crippen molar-refractivity contribution in [2.75, 3.05) is 18.4 Å². The highest BCUT2D eigenvalue weighted by Gasteiger charge is 2.45. The average molecular weight is 353 g/mol. The molecule has 3 N–H and O–H groups in total. The Morgan fingerprint density at radius 3 is 2.83 bits per heavy atom. The van der Waals surface area contributed by atoms with E-state index in [2.05, 4.69) is 16.2 Å². The number of fused-ring (bicyclic) bond motifs is 1. The maximum Gasteiger partial charge on any atom is 0.321 e. The van der Waals surface area contributed by atoms with E-state index in [1.807, 2.05) is 4.90 Å². The number of likely N-dealkylation sites (tertiary alicyclic amines) is 1. The number of rotatable bonds is 2. The summed E-state index contributed by atoms with van der Waals surface area (Å²) in [6.07, 6.45) is 4.82. The summed E-state index contributed by atoms with van der Waals surface area (Å²) in [6, 6.07) is 5.00. The molecule has 2 heterocycles. The van der Waals surface area contributed by atoms with Crippen LogP contribution in [0, 0.1) is 17.7 Å². The van der Waals surface area contributed by atoms with E-state index in [1.54, 1.807) is 0 Å². The number of hydrogen-bond donors (Lipinski definition) is 3. The SMILES string of the molecule is O=C(Nc1ccc(F)c(Cl)c1)N1CCC2NNC(C3CCC3)C2C1. The molecule has 0 aromatic heterocycles. The zero-order chi connectivity index (χ0) is 16.7. The quantitative estimate of drug-likeness (QED) is 0.767. The van der Waals surface area contributed by atoms with Gasteiger partial charge in [0.05, 0.1) is 5.02 Å². The maximum atomic E-state index is 13.2. The number of piperidine rings is 1. The van der Waals surface area contributed by atoms with E-state index in [1.165, 1.54) is 37.5 Å². The van der Waals surface area contributed by atoms with Crippen LogP contribution in [-0.4, -0.2) is 36.1 Å². The fourth-order valence-electron chi connectivity index (χ4n) is 4.06. The first-order valence-corrected chi connectivity index (χ1v) is 9.01. The summed E-state index contributed by atoms with van der Waals surface area (Å²) in [4.78, 5) is 14.4. The van der Waals surface area contributed by atoms with E-state index in [-0.39, 0.29) is 11.1 Å². The fourth-order valence-corrected chi connectivity index (χ4v) is 4.24. The number of nitrogens with zero attached hydrogens (tertiary/aromatic N) is 1. The van der Waals surface area contributed by atoms with Gasteiger partial charge >= 0.3 is 6.03 Å². The van der Waals surface area contributed by atoms with Crippen LogP contribution < -0.4 is 16.2 Å². The Hall–Kier alpha value is -1.37. The predicted octanol–water partition coefficient (Wildman–Crippen LogP) is 2.98. The molecule has 2 amide bonds. The number of urea groups is 1. The molecule has 24 heavy (non-hydrogen) atoms. The number of anilines is 1. The van der Waals surface area contributed by atoms with Crippen LogP contribution in [-0.2, 0) is 0 Å². The molecular weight excluding hydrogens is 331 g/mol. The molecule has 3 fully saturated rings. The van der Waals surface area contributed by atoms with Gasteiger partial charge in [-0.3, -0.25) is 10.9 Å². The van der Waals surface area contributed by atoms with Crippen LogP contribution in [0.2, 0.25) is 5.02 Å². The average Bonchev–Trinajstić information content (AvgIpc) is 2.92. The molecule has 5 nitrogen and oxygen atoms in total. The number of benzene rings is 1. The summed E-state index contributed by atoms with van der Waals surface area (Å²) in [5.74, 6) is 0.694. The third kappa shape index (κ3) is 2.98. The number of halogens is 2. The van der Waals surface area contributed by atoms with Gasteiger partial charge in [0.1, 0.15) is 5.82 Å². The van der Waals surface area contributed by atoms with Crippen molar-refractivity contribution in [2.45, 2.75) is 37.8 Å². The normalized spacial score (nSPS) is 29.9. The predicted molar refractivity (Wildman–Crippen MR) is 91.3 cm³/mol. The molecule has 130 valence electrons. The van der Waals surface area contributed by atoms with Gasteiger partial charge in [0.25, 0.3) is 0 Å². The highest BCUT2D eigenvalue weighted by Crippen LogP contribution is 2.37. The van der Waals surface area contributed by atoms with Gasteiger partial charge in [0, 0.05) is 36.8 Å². The van der Waals surface area contributed by atoms with E-state index >= 15 is 0 Å². The van der Waals surface area contributed by atoms with Gasteiger partial charge in [0.15, 0.2) is 0 Å². The second-order valence-corrected chi connectivity index (χ2v) is 7.48. The second kappa shape index (κ2) is 6.50. The monoisotopic (exact) mass is 352 g/mol. The van der Waals surface area contributed by atoms with Gasteiger partial charge in [-0.05, 0) is 43.4 Å². The summed E-state index contributed by atoms with van der Waals surface area (Å²) in [6.45, 7) is 1.46. The Morgan fingerprint density at radius 2 is 2.12 bits per heavy atom. The molecule has 1 aromatic rings. The molecule has 0 radical (unpaired) electrons. The van der Waals surface area contributed by atoms with Gasteiger partial charge in [-0.15, -0.1) is 0 Å². The van der Waals surface area contributed by atoms with Crippen molar-refractivity contribution in [3.8, 4) is 0 Å². The molecule has 3 atom stereocenters. The second-order valence-electron chi connectivity index (χ2n) is 7.07. The lowest BCUT2D eigenvalue weighted by Gasteiger charge is -2.40. The first-order valence-electron chi connectivity index (χ1n) is 8.64. The molecule has 4 rings (SSSR count). The number of hydrazine groups is 1. The van der Waals surface area contributed by atoms with Crippen LogP contribution in [0.3, 0.4) is 0 Å². The van der Waals surface area contributed by atoms with Crippen molar-refractivity contribution in [3.63, 3.8) is 0 Å². The first-order chi connectivity index (χ1) is 11.6. The van der Waals surface area contributed by atoms with Crippen molar-refractivity contribution in [3.05, 3.63) is 29.0 Å². The molecule has 0 bridgehead atoms. The van der Waals surface area contributed by atoms with Crippen molar-refractivity contribution >= 4 is 23.3 Å². The summed E-state index contributed by atoms with van der Waals surface area (Å²) in [5, 5.41) is 2.84. The Labute approximate surface area is 145 Å². The lowest BCUT2D eigenvalue weighted by molar-refractivity contribution is 0.137. The molecule has 3 aliphatic rings. The molecule has 2 saturated heterocycles. The van der Waals surface area contributed by atoms with E-state index in [4.69, 9.17) is 11.6 Å². The lowest BCUT2D eigenvalue weighted by atomic mass is 9.73. The van der Waals surface area contributed by atoms with E-state index in [0.29, 0.717) is 30.2 Å². The van der Waals surface area contributed by atoms with Gasteiger partial charge in [-0.25, -0.2) is 9.18 Å². The van der Waals surface area contributed by atoms with Crippen LogP contribution >= 0.6 is 11.6 Å². The molecular formula is C17H22ClFN4O. The molecule has 3 unspecified atom stereocenters. The molecule has 1 aliphatic carbocycles. The fraction of sp³-hybridized carbons (Fsp3) is 0.588. The van der Waals surface area contributed by atoms with Crippen molar-refractivity contribution < 1.29 is 9.18 Å². The van der Waals surface area contributed by atoms with Crippen LogP contribution in [0.25, 0.3) is 0 Å². The highest BCUT2D eigenvalue weighted by molar-refractivity contribution is 6.31. The van der Waals surface area contributed by atoms with Crippen LogP contribution in [0.1, 0.15) is 25.7 Å². The Balaban J connectivity index is 1.40. The van der Waals surface area contributed by atoms with Crippen LogP contribution in [0.4, 0.5) is 14.9 Å². The minimum atomic E-state index is -0.484. The number of nitrogens with one attached hydrogen (secondary N) is 3. The largest absolute Gasteiger partial charge is 0.324 e. The van der Waals surface area contributed by atoms with Crippen molar-refractivity contribution in [1.29, 1.82) is 0 Å². The third-order valence-electron chi connectivity index (χ3n) is 5.67. The summed E-state index contributed by atoms with van der Waals surface area (Å²) >= 11 is 5.78. The molecule has 2 aliphatic heterocycles. The Morgan fingerprint density at radius 1 is 1.29 bits per heavy atom. The van der Waals surface area contributed by atoms with Crippen LogP contribution in [0.15, 0.2) is 18.2 Å². The van der Waals surface area contributed by atoms with Gasteiger partial charge in [-0.1, -0.05) is 18.0 Å². The molecule has 1 saturated carbocycles. The van der Waals surface area contributed by atoms with E-state index in [9.17, 15) is 9.18 Å². The minimum absolute atomic E-state index is 0.0146. The van der Waals surface area contributed by atoms with Gasteiger partial charge in [0.2, 0.25) is 0 Å². The molecule has 1 aromatic carbocycles. The number of carbonyl (C=O) groups is 1. The molecule has 7 heteroatoms. The van der Waals surface area contributed by atoms with E-state index < -0.39 is 5.82 Å². The topological polar surface area (TPSA) is 56.4 Å². The van der Waals surface area contributed by atoms with Gasteiger partial charge in [-0.2, -0.15) is 0 Å². The summed E-state index contributed by atoms with van der Waals surface area (Å²) in [7, 11) is 0. The Kier molecular flexibility index (Phi) is 4.37. The maximum absolute atomic E-state index is 13.2. The lowest BCUT2D eigenvalue weighted by Crippen LogP contribution is -2.51. The number of carbonyl (C=O) groups excluding carboxylic acids is 1. The highest BCUT2D eigenvalue weighted by atomic mass is 35.5. The number of hydrogen-bond acceptors (Lipinski definition) is 3. The molecule has 0 spiro atoms. The zero-order valence-corrected chi connectivity index (χ0v) is 14.2. The van der Waals surface area contributed by atoms with E-state index in [0.717, 1.165) is 18.9 Å². The van der Waals surface area contributed by atoms with Gasteiger partial charge < -0.3 is 10.2 Å². The summed E-state index contributed by atoms with van der Waals surface area (Å²) in [5.41, 5.74) is 7.39. The standard InChI is InChI=1S/C17H22ClFN4O/c18-13-8-11(4-5-14(13)19)20-17(24)23-7-6-15-12(9-23)16(22-21-15)10-2-1-3-10/h4-5,8,10,12,15-16,21-22H,1-3,6-7,9H2,(H,20,24). The third-order valence-corrected chi connectivity index (χ3v) is 5.96. The van der Waals surface area contributed by atoms with Crippen LogP contribution in [0.5, 0.6) is 0 Å². The van der Waals surface area contributed by atoms with Crippen molar-refractivity contribution in [2.24, 2.45) is 11.8 Å². The smallest absolute Gasteiger partial charge is 0.321 e. The summed E-state index contributed by atoms with van der Waals surface area (Å²) < 4.78 is 13.2. The minimum Gasteiger partial charge on any atom is -0.324 e. The van der Waals surface area contributed by atoms with Crippen molar-refractivity contribution in [1.82, 2.24) is 15.8 Å². The number of amides is 2. The Bertz CT molecular complexity index is 639. The zero-order valence-electron chi connectivity index (χ0n) is 13.4.